The predicted octanol–water partition coefficient (Wildman–Crippen LogP) is 4.45. The zero-order chi connectivity index (χ0) is 27.8. The van der Waals surface area contributed by atoms with Crippen molar-refractivity contribution < 1.29 is 41.0 Å². The molecule has 1 unspecified atom stereocenters. The molecule has 13 heteroatoms. The van der Waals surface area contributed by atoms with Crippen LogP contribution in [-0.2, 0) is 14.6 Å². The maximum Gasteiger partial charge on any atom is 0.407 e. The summed E-state index contributed by atoms with van der Waals surface area (Å²) in [5.74, 6) is -6.42. The number of carbonyl (C=O) groups is 2. The highest BCUT2D eigenvalue weighted by molar-refractivity contribution is 7.92. The molecule has 4 atom stereocenters. The molecule has 206 valence electrons. The molecule has 3 N–H and O–H groups in total. The van der Waals surface area contributed by atoms with Crippen molar-refractivity contribution in [1.29, 1.82) is 0 Å². The Bertz CT molecular complexity index is 1340. The van der Waals surface area contributed by atoms with Gasteiger partial charge in [-0.15, -0.1) is 0 Å². The number of hydrogen-bond acceptors (Lipinski definition) is 6. The summed E-state index contributed by atoms with van der Waals surface area (Å²) >= 11 is 6.24. The molecule has 2 aliphatic rings. The number of nitrogens with one attached hydrogen (secondary N) is 2. The number of amides is 2. The quantitative estimate of drug-likeness (QED) is 0.420. The summed E-state index contributed by atoms with van der Waals surface area (Å²) in [6.07, 6.45) is 0.615. The molecule has 0 radical (unpaired) electrons. The Balaban J connectivity index is 1.54. The number of carbonyl (C=O) groups excluding carboxylic acids is 2. The summed E-state index contributed by atoms with van der Waals surface area (Å²) in [4.78, 5) is 24.1. The van der Waals surface area contributed by atoms with Gasteiger partial charge in [0.2, 0.25) is 0 Å². The van der Waals surface area contributed by atoms with E-state index in [4.69, 9.17) is 16.3 Å². The first-order valence-corrected chi connectivity index (χ1v) is 13.9. The maximum atomic E-state index is 13.8. The lowest BCUT2D eigenvalue weighted by Crippen LogP contribution is -2.49. The van der Waals surface area contributed by atoms with Crippen LogP contribution in [0, 0.1) is 29.3 Å². The van der Waals surface area contributed by atoms with Gasteiger partial charge < -0.3 is 20.5 Å². The molecule has 2 aromatic rings. The average molecular weight is 575 g/mol. The molecule has 2 amide bonds. The first-order valence-electron chi connectivity index (χ1n) is 12.0. The van der Waals surface area contributed by atoms with Gasteiger partial charge in [0.05, 0.1) is 20.8 Å². The number of hydrogen-bond donors (Lipinski definition) is 3. The van der Waals surface area contributed by atoms with Gasteiger partial charge in [-0.1, -0.05) is 11.6 Å². The van der Waals surface area contributed by atoms with Crippen molar-refractivity contribution in [1.82, 2.24) is 5.32 Å². The van der Waals surface area contributed by atoms with Crippen LogP contribution >= 0.6 is 11.6 Å². The monoisotopic (exact) mass is 574 g/mol. The normalized spacial score (nSPS) is 24.6. The summed E-state index contributed by atoms with van der Waals surface area (Å²) < 4.78 is 72.9. The molecule has 0 spiro atoms. The maximum absolute atomic E-state index is 13.8. The summed E-state index contributed by atoms with van der Waals surface area (Å²) in [5, 5.41) is 14.7. The van der Waals surface area contributed by atoms with Crippen molar-refractivity contribution in [2.45, 2.75) is 48.4 Å². The first kappa shape index (κ1) is 28.2. The highest BCUT2D eigenvalue weighted by Gasteiger charge is 2.54. The van der Waals surface area contributed by atoms with E-state index in [1.165, 1.54) is 12.1 Å². The molecule has 38 heavy (non-hydrogen) atoms. The minimum Gasteiger partial charge on any atom is -0.446 e. The molecule has 8 nitrogen and oxygen atoms in total. The van der Waals surface area contributed by atoms with E-state index in [2.05, 4.69) is 10.6 Å². The minimum atomic E-state index is -4.08. The van der Waals surface area contributed by atoms with Gasteiger partial charge in [0.25, 0.3) is 5.91 Å². The lowest BCUT2D eigenvalue weighted by molar-refractivity contribution is -0.0634. The number of fused-ring (bicyclic) bond motifs is 2. The summed E-state index contributed by atoms with van der Waals surface area (Å²) in [7, 11) is -4.08. The third kappa shape index (κ3) is 5.62. The molecule has 0 saturated heterocycles. The van der Waals surface area contributed by atoms with Crippen molar-refractivity contribution in [2.24, 2.45) is 11.8 Å². The topological polar surface area (TPSA) is 122 Å². The van der Waals surface area contributed by atoms with Crippen LogP contribution in [0.5, 0.6) is 0 Å². The second-order valence-corrected chi connectivity index (χ2v) is 12.2. The van der Waals surface area contributed by atoms with Crippen LogP contribution in [0.2, 0.25) is 5.02 Å². The molecule has 0 heterocycles. The van der Waals surface area contributed by atoms with Crippen molar-refractivity contribution >= 4 is 39.1 Å². The largest absolute Gasteiger partial charge is 0.446 e. The molecule has 2 aliphatic carbocycles. The Morgan fingerprint density at radius 2 is 1.71 bits per heavy atom. The van der Waals surface area contributed by atoms with E-state index < -0.39 is 62.0 Å². The van der Waals surface area contributed by atoms with Crippen LogP contribution in [-0.4, -0.2) is 49.5 Å². The summed E-state index contributed by atoms with van der Waals surface area (Å²) in [6.45, 7) is 1.82. The van der Waals surface area contributed by atoms with E-state index in [1.54, 1.807) is 6.92 Å². The lowest BCUT2D eigenvalue weighted by atomic mass is 9.77. The average Bonchev–Trinajstić information content (AvgIpc) is 3.15. The number of rotatable bonds is 7. The number of ether oxygens (including phenoxy) is 1. The Morgan fingerprint density at radius 1 is 1.11 bits per heavy atom. The Hall–Kier alpha value is -2.83. The molecule has 2 saturated carbocycles. The summed E-state index contributed by atoms with van der Waals surface area (Å²) in [6, 6.07) is 4.76. The van der Waals surface area contributed by atoms with Crippen LogP contribution < -0.4 is 10.6 Å². The molecule has 0 aliphatic heterocycles. The lowest BCUT2D eigenvalue weighted by Gasteiger charge is -2.40. The molecular formula is C25H26ClF3N2O6S. The number of halogens is 4. The Kier molecular flexibility index (Phi) is 7.96. The first-order chi connectivity index (χ1) is 17.8. The van der Waals surface area contributed by atoms with Crippen molar-refractivity contribution in [3.05, 3.63) is 58.4 Å². The van der Waals surface area contributed by atoms with Gasteiger partial charge in [-0.3, -0.25) is 4.79 Å². The highest BCUT2D eigenvalue weighted by atomic mass is 35.5. The fraction of sp³-hybridized carbons (Fsp3) is 0.440. The van der Waals surface area contributed by atoms with E-state index in [9.17, 15) is 36.3 Å². The Morgan fingerprint density at radius 3 is 2.29 bits per heavy atom. The zero-order valence-electron chi connectivity index (χ0n) is 20.3. The minimum absolute atomic E-state index is 0.103. The molecular weight excluding hydrogens is 549 g/mol. The molecule has 2 bridgehead atoms. The number of aliphatic hydroxyl groups is 1. The Labute approximate surface area is 222 Å². The van der Waals surface area contributed by atoms with E-state index in [-0.39, 0.29) is 40.6 Å². The van der Waals surface area contributed by atoms with E-state index in [0.717, 1.165) is 6.07 Å². The zero-order valence-corrected chi connectivity index (χ0v) is 21.8. The number of alkyl carbamates (subject to hydrolysis) is 1. The van der Waals surface area contributed by atoms with Crippen LogP contribution in [0.25, 0.3) is 0 Å². The van der Waals surface area contributed by atoms with Crippen molar-refractivity contribution in [3.8, 4) is 0 Å². The standard InChI is InChI=1S/C25H26ClF3N2O6S/c1-2-30-24(33)37-12-25(34)10-14-3-4-15(11-25)22(14)38(35,36)20-7-13(5-6-17(20)26)23(32)31-16-8-18(27)21(29)19(28)9-16/h5-9,14-15,22,34H,2-4,10-12H2,1H3,(H,30,33)(H,31,32)/t14-,15?,22+,25+/m0/s1. The third-order valence-corrected chi connectivity index (χ3v) is 9.89. The van der Waals surface area contributed by atoms with Gasteiger partial charge in [0.15, 0.2) is 27.3 Å². The second-order valence-electron chi connectivity index (χ2n) is 9.70. The second kappa shape index (κ2) is 10.7. The molecule has 0 aromatic heterocycles. The van der Waals surface area contributed by atoms with Gasteiger partial charge in [-0.05, 0) is 62.6 Å². The fourth-order valence-corrected chi connectivity index (χ4v) is 8.34. The third-order valence-electron chi connectivity index (χ3n) is 7.01. The van der Waals surface area contributed by atoms with Crippen LogP contribution in [0.1, 0.15) is 43.0 Å². The van der Waals surface area contributed by atoms with Crippen molar-refractivity contribution in [3.63, 3.8) is 0 Å². The van der Waals surface area contributed by atoms with E-state index >= 15 is 0 Å². The summed E-state index contributed by atoms with van der Waals surface area (Å²) in [5.41, 5.74) is -1.87. The number of benzene rings is 2. The van der Waals surface area contributed by atoms with Crippen LogP contribution in [0.15, 0.2) is 35.2 Å². The molecule has 2 aromatic carbocycles. The van der Waals surface area contributed by atoms with Crippen molar-refractivity contribution in [2.75, 3.05) is 18.5 Å². The van der Waals surface area contributed by atoms with Gasteiger partial charge in [-0.25, -0.2) is 26.4 Å². The SMILES string of the molecule is CCNC(=O)OC[C@]1(O)CC2CC[C@@H](C1)[C@H]2S(=O)(=O)c1cc(C(=O)Nc2cc(F)c(F)c(F)c2)ccc1Cl. The van der Waals surface area contributed by atoms with Gasteiger partial charge in [0, 0.05) is 29.9 Å². The highest BCUT2D eigenvalue weighted by Crippen LogP contribution is 2.51. The number of anilines is 1. The van der Waals surface area contributed by atoms with Gasteiger partial charge >= 0.3 is 6.09 Å². The van der Waals surface area contributed by atoms with E-state index in [0.29, 0.717) is 31.5 Å². The van der Waals surface area contributed by atoms with Crippen LogP contribution in [0.4, 0.5) is 23.7 Å². The predicted molar refractivity (Wildman–Crippen MR) is 132 cm³/mol. The van der Waals surface area contributed by atoms with E-state index in [1.807, 2.05) is 0 Å². The molecule has 4 rings (SSSR count). The van der Waals surface area contributed by atoms with Gasteiger partial charge in [0.1, 0.15) is 6.61 Å². The number of sulfone groups is 1. The fourth-order valence-electron chi connectivity index (χ4n) is 5.50. The van der Waals surface area contributed by atoms with Crippen LogP contribution in [0.3, 0.4) is 0 Å². The smallest absolute Gasteiger partial charge is 0.407 e. The van der Waals surface area contributed by atoms with Gasteiger partial charge in [-0.2, -0.15) is 0 Å². The molecule has 2 fully saturated rings.